The van der Waals surface area contributed by atoms with E-state index in [0.717, 1.165) is 32.5 Å². The number of hydrogen-bond donors (Lipinski definition) is 1. The van der Waals surface area contributed by atoms with Gasteiger partial charge < -0.3 is 10.6 Å². The van der Waals surface area contributed by atoms with Crippen LogP contribution in [0.25, 0.3) is 0 Å². The summed E-state index contributed by atoms with van der Waals surface area (Å²) >= 11 is 0. The van der Waals surface area contributed by atoms with Crippen LogP contribution in [-0.2, 0) is 10.2 Å². The molecule has 0 aromatic rings. The van der Waals surface area contributed by atoms with Gasteiger partial charge in [0.05, 0.1) is 0 Å². The summed E-state index contributed by atoms with van der Waals surface area (Å²) in [7, 11) is -3.25. The Balaban J connectivity index is 1.86. The predicted molar refractivity (Wildman–Crippen MR) is 85.1 cm³/mol. The molecule has 2 fully saturated rings. The topological polar surface area (TPSA) is 69.9 Å². The fourth-order valence-electron chi connectivity index (χ4n) is 3.04. The van der Waals surface area contributed by atoms with Crippen LogP contribution in [0.2, 0.25) is 0 Å². The highest BCUT2D eigenvalue weighted by Crippen LogP contribution is 2.21. The molecule has 1 atom stereocenters. The second kappa shape index (κ2) is 7.37. The maximum absolute atomic E-state index is 12.6. The maximum Gasteiger partial charge on any atom is 0.282 e. The lowest BCUT2D eigenvalue weighted by Gasteiger charge is -2.39. The SMILES string of the molecule is CC1CCN(S(=O)(=O)N2CCN(CC(C)CN)CC2)CC1. The van der Waals surface area contributed by atoms with Crippen molar-refractivity contribution in [1.82, 2.24) is 13.5 Å². The molecule has 124 valence electrons. The van der Waals surface area contributed by atoms with E-state index in [1.807, 2.05) is 0 Å². The van der Waals surface area contributed by atoms with Gasteiger partial charge in [-0.1, -0.05) is 13.8 Å². The van der Waals surface area contributed by atoms with Crippen LogP contribution in [-0.4, -0.2) is 74.3 Å². The third-order valence-electron chi connectivity index (χ3n) is 4.70. The molecule has 2 heterocycles. The Hall–Kier alpha value is -0.210. The lowest BCUT2D eigenvalue weighted by Crippen LogP contribution is -2.54. The van der Waals surface area contributed by atoms with Gasteiger partial charge >= 0.3 is 0 Å². The second-order valence-electron chi connectivity index (χ2n) is 6.63. The number of nitrogens with zero attached hydrogens (tertiary/aromatic N) is 3. The molecule has 1 unspecified atom stereocenters. The van der Waals surface area contributed by atoms with Gasteiger partial charge in [-0.3, -0.25) is 0 Å². The minimum Gasteiger partial charge on any atom is -0.330 e. The van der Waals surface area contributed by atoms with Crippen LogP contribution >= 0.6 is 0 Å². The van der Waals surface area contributed by atoms with E-state index in [2.05, 4.69) is 18.7 Å². The van der Waals surface area contributed by atoms with E-state index in [1.54, 1.807) is 8.61 Å². The fourth-order valence-corrected chi connectivity index (χ4v) is 4.66. The Morgan fingerprint density at radius 2 is 1.57 bits per heavy atom. The molecule has 7 heteroatoms. The first-order valence-electron chi connectivity index (χ1n) is 8.11. The minimum atomic E-state index is -3.25. The van der Waals surface area contributed by atoms with Gasteiger partial charge in [0.2, 0.25) is 0 Å². The van der Waals surface area contributed by atoms with Gasteiger partial charge in [0.25, 0.3) is 10.2 Å². The van der Waals surface area contributed by atoms with Crippen molar-refractivity contribution in [1.29, 1.82) is 0 Å². The molecule has 0 aliphatic carbocycles. The summed E-state index contributed by atoms with van der Waals surface area (Å²) in [5.74, 6) is 1.11. The summed E-state index contributed by atoms with van der Waals surface area (Å²) in [6, 6.07) is 0. The van der Waals surface area contributed by atoms with Crippen molar-refractivity contribution >= 4 is 10.2 Å². The molecule has 0 aromatic carbocycles. The van der Waals surface area contributed by atoms with Crippen molar-refractivity contribution in [2.45, 2.75) is 26.7 Å². The fraction of sp³-hybridized carbons (Fsp3) is 1.00. The monoisotopic (exact) mass is 318 g/mol. The third-order valence-corrected chi connectivity index (χ3v) is 6.73. The van der Waals surface area contributed by atoms with Crippen LogP contribution in [0.3, 0.4) is 0 Å². The lowest BCUT2D eigenvalue weighted by molar-refractivity contribution is 0.161. The molecule has 0 amide bonds. The zero-order chi connectivity index (χ0) is 15.5. The van der Waals surface area contributed by atoms with E-state index in [4.69, 9.17) is 5.73 Å². The first kappa shape index (κ1) is 17.1. The molecule has 6 nitrogen and oxygen atoms in total. The largest absolute Gasteiger partial charge is 0.330 e. The summed E-state index contributed by atoms with van der Waals surface area (Å²) in [5, 5.41) is 0. The van der Waals surface area contributed by atoms with Gasteiger partial charge in [-0.2, -0.15) is 17.0 Å². The van der Waals surface area contributed by atoms with Crippen molar-refractivity contribution in [2.24, 2.45) is 17.6 Å². The molecule has 2 aliphatic heterocycles. The molecular weight excluding hydrogens is 288 g/mol. The van der Waals surface area contributed by atoms with E-state index < -0.39 is 10.2 Å². The molecule has 2 N–H and O–H groups in total. The highest BCUT2D eigenvalue weighted by molar-refractivity contribution is 7.86. The Bertz CT molecular complexity index is 413. The van der Waals surface area contributed by atoms with Crippen molar-refractivity contribution in [3.8, 4) is 0 Å². The Morgan fingerprint density at radius 3 is 2.10 bits per heavy atom. The number of nitrogens with two attached hydrogens (primary N) is 1. The van der Waals surface area contributed by atoms with E-state index >= 15 is 0 Å². The predicted octanol–water partition coefficient (Wildman–Crippen LogP) is 0.176. The van der Waals surface area contributed by atoms with Crippen LogP contribution in [0.5, 0.6) is 0 Å². The highest BCUT2D eigenvalue weighted by Gasteiger charge is 2.34. The van der Waals surface area contributed by atoms with Crippen molar-refractivity contribution in [3.05, 3.63) is 0 Å². The van der Waals surface area contributed by atoms with Gasteiger partial charge in [-0.25, -0.2) is 0 Å². The van der Waals surface area contributed by atoms with Gasteiger partial charge in [-0.05, 0) is 31.2 Å². The van der Waals surface area contributed by atoms with Crippen LogP contribution in [0.4, 0.5) is 0 Å². The number of rotatable bonds is 5. The molecule has 0 spiro atoms. The van der Waals surface area contributed by atoms with Crippen LogP contribution in [0.1, 0.15) is 26.7 Å². The zero-order valence-corrected chi connectivity index (χ0v) is 14.2. The van der Waals surface area contributed by atoms with Gasteiger partial charge in [0.15, 0.2) is 0 Å². The van der Waals surface area contributed by atoms with Gasteiger partial charge in [-0.15, -0.1) is 0 Å². The van der Waals surface area contributed by atoms with Gasteiger partial charge in [0.1, 0.15) is 0 Å². The van der Waals surface area contributed by atoms with E-state index in [0.29, 0.717) is 44.6 Å². The van der Waals surface area contributed by atoms with Crippen molar-refractivity contribution in [2.75, 3.05) is 52.4 Å². The third kappa shape index (κ3) is 4.39. The van der Waals surface area contributed by atoms with E-state index in [-0.39, 0.29) is 0 Å². The molecular formula is C14H30N4O2S. The van der Waals surface area contributed by atoms with Crippen LogP contribution in [0, 0.1) is 11.8 Å². The van der Waals surface area contributed by atoms with Crippen molar-refractivity contribution in [3.63, 3.8) is 0 Å². The average Bonchev–Trinajstić information content (AvgIpc) is 2.48. The molecule has 2 aliphatic rings. The molecule has 2 rings (SSSR count). The van der Waals surface area contributed by atoms with E-state index in [9.17, 15) is 8.42 Å². The molecule has 0 aromatic heterocycles. The number of hydrogen-bond acceptors (Lipinski definition) is 4. The quantitative estimate of drug-likeness (QED) is 0.785. The zero-order valence-electron chi connectivity index (χ0n) is 13.4. The lowest BCUT2D eigenvalue weighted by atomic mass is 10.0. The summed E-state index contributed by atoms with van der Waals surface area (Å²) in [6.45, 7) is 10.2. The van der Waals surface area contributed by atoms with Gasteiger partial charge in [0, 0.05) is 45.8 Å². The minimum absolute atomic E-state index is 0.469. The number of piperidine rings is 1. The molecule has 0 saturated carbocycles. The smallest absolute Gasteiger partial charge is 0.282 e. The number of piperazine rings is 1. The normalized spacial score (nSPS) is 26.0. The highest BCUT2D eigenvalue weighted by atomic mass is 32.2. The van der Waals surface area contributed by atoms with Crippen LogP contribution < -0.4 is 5.73 Å². The maximum atomic E-state index is 12.6. The second-order valence-corrected chi connectivity index (χ2v) is 8.56. The van der Waals surface area contributed by atoms with Crippen LogP contribution in [0.15, 0.2) is 0 Å². The average molecular weight is 318 g/mol. The Kier molecular flexibility index (Phi) is 6.02. The summed E-state index contributed by atoms with van der Waals surface area (Å²) in [5.41, 5.74) is 5.65. The first-order chi connectivity index (χ1) is 9.93. The van der Waals surface area contributed by atoms with Crippen molar-refractivity contribution < 1.29 is 8.42 Å². The molecule has 0 bridgehead atoms. The Morgan fingerprint density at radius 1 is 1.05 bits per heavy atom. The summed E-state index contributed by atoms with van der Waals surface area (Å²) in [4.78, 5) is 2.32. The van der Waals surface area contributed by atoms with E-state index in [1.165, 1.54) is 0 Å². The molecule has 0 radical (unpaired) electrons. The standard InChI is InChI=1S/C14H30N4O2S/c1-13-3-5-17(6-4-13)21(19,20)18-9-7-16(8-10-18)12-14(2)11-15/h13-14H,3-12,15H2,1-2H3. The Labute approximate surface area is 129 Å². The summed E-state index contributed by atoms with van der Waals surface area (Å²) in [6.07, 6.45) is 1.96. The first-order valence-corrected chi connectivity index (χ1v) is 9.50. The molecule has 21 heavy (non-hydrogen) atoms. The summed E-state index contributed by atoms with van der Waals surface area (Å²) < 4.78 is 28.6. The molecule has 2 saturated heterocycles.